The van der Waals surface area contributed by atoms with Crippen LogP contribution >= 0.6 is 11.6 Å². The summed E-state index contributed by atoms with van der Waals surface area (Å²) in [6.07, 6.45) is 0.312. The molecule has 0 radical (unpaired) electrons. The van der Waals surface area contributed by atoms with Gasteiger partial charge in [-0.15, -0.1) is 0 Å². The van der Waals surface area contributed by atoms with Crippen LogP contribution in [0, 0.1) is 13.8 Å². The van der Waals surface area contributed by atoms with Gasteiger partial charge in [-0.25, -0.2) is 4.68 Å². The van der Waals surface area contributed by atoms with Gasteiger partial charge in [0, 0.05) is 55.5 Å². The number of nitrogens with one attached hydrogen (secondary N) is 1. The number of hydrogen-bond acceptors (Lipinski definition) is 4. The fourth-order valence-electron chi connectivity index (χ4n) is 4.29. The normalized spacial score (nSPS) is 15.0. The number of carbonyl (C=O) groups is 1. The summed E-state index contributed by atoms with van der Waals surface area (Å²) < 4.78 is 1.87. The number of aromatic nitrogens is 2. The first kappa shape index (κ1) is 23.5. The zero-order valence-electron chi connectivity index (χ0n) is 19.6. The van der Waals surface area contributed by atoms with Crippen LogP contribution in [0.25, 0.3) is 5.69 Å². The predicted molar refractivity (Wildman–Crippen MR) is 133 cm³/mol. The second kappa shape index (κ2) is 10.5. The lowest BCUT2D eigenvalue weighted by Crippen LogP contribution is -2.43. The van der Waals surface area contributed by atoms with Crippen molar-refractivity contribution < 1.29 is 4.79 Å². The van der Waals surface area contributed by atoms with E-state index in [1.807, 2.05) is 42.8 Å². The number of halogens is 1. The van der Waals surface area contributed by atoms with Gasteiger partial charge in [0.25, 0.3) is 0 Å². The van der Waals surface area contributed by atoms with Crippen LogP contribution in [-0.4, -0.2) is 58.7 Å². The maximum atomic E-state index is 12.7. The fourth-order valence-corrected chi connectivity index (χ4v) is 4.42. The molecule has 1 saturated heterocycles. The minimum Gasteiger partial charge on any atom is -0.352 e. The molecule has 2 aromatic carbocycles. The van der Waals surface area contributed by atoms with Crippen molar-refractivity contribution in [2.24, 2.45) is 0 Å². The molecule has 3 aromatic rings. The average molecular weight is 466 g/mol. The maximum absolute atomic E-state index is 12.7. The number of benzene rings is 2. The molecule has 1 amide bonds. The molecular weight excluding hydrogens is 434 g/mol. The molecule has 0 atom stereocenters. The van der Waals surface area contributed by atoms with Crippen molar-refractivity contribution >= 4 is 17.5 Å². The van der Waals surface area contributed by atoms with Gasteiger partial charge in [-0.05, 0) is 56.3 Å². The van der Waals surface area contributed by atoms with E-state index in [1.54, 1.807) is 0 Å². The predicted octanol–water partition coefficient (Wildman–Crippen LogP) is 3.75. The molecule has 1 aromatic heterocycles. The third-order valence-corrected chi connectivity index (χ3v) is 6.58. The Morgan fingerprint density at radius 1 is 1.03 bits per heavy atom. The minimum absolute atomic E-state index is 0.00123. The van der Waals surface area contributed by atoms with Crippen LogP contribution in [0.5, 0.6) is 0 Å². The molecule has 1 aliphatic heterocycles. The highest BCUT2D eigenvalue weighted by Crippen LogP contribution is 2.20. The Balaban J connectivity index is 1.35. The lowest BCUT2D eigenvalue weighted by atomic mass is 10.1. The first-order valence-electron chi connectivity index (χ1n) is 11.5. The SMILES string of the molecule is Cc1nn(-c2ccc(Cl)cc2)c(C)c1CC(=O)NCc1cccc(CN2CCN(C)CC2)c1. The third-order valence-electron chi connectivity index (χ3n) is 6.33. The van der Waals surface area contributed by atoms with E-state index in [4.69, 9.17) is 11.6 Å². The number of rotatable bonds is 7. The molecule has 0 spiro atoms. The van der Waals surface area contributed by atoms with Crippen molar-refractivity contribution in [1.29, 1.82) is 0 Å². The van der Waals surface area contributed by atoms with Crippen molar-refractivity contribution in [2.75, 3.05) is 33.2 Å². The number of aryl methyl sites for hydroxylation is 1. The maximum Gasteiger partial charge on any atom is 0.224 e. The highest BCUT2D eigenvalue weighted by Gasteiger charge is 2.17. The molecule has 0 saturated carbocycles. The number of nitrogens with zero attached hydrogens (tertiary/aromatic N) is 4. The Morgan fingerprint density at radius 2 is 1.73 bits per heavy atom. The third kappa shape index (κ3) is 6.02. The summed E-state index contributed by atoms with van der Waals surface area (Å²) in [5.41, 5.74) is 6.16. The number of piperazine rings is 1. The Morgan fingerprint density at radius 3 is 2.45 bits per heavy atom. The van der Waals surface area contributed by atoms with Crippen LogP contribution in [-0.2, 0) is 24.3 Å². The van der Waals surface area contributed by atoms with Gasteiger partial charge >= 0.3 is 0 Å². The van der Waals surface area contributed by atoms with E-state index in [2.05, 4.69) is 51.5 Å². The molecule has 2 heterocycles. The van der Waals surface area contributed by atoms with Gasteiger partial charge in [-0.1, -0.05) is 35.9 Å². The summed E-state index contributed by atoms with van der Waals surface area (Å²) >= 11 is 6.01. The van der Waals surface area contributed by atoms with E-state index in [0.29, 0.717) is 18.0 Å². The number of likely N-dealkylation sites (N-methyl/N-ethyl adjacent to an activating group) is 1. The van der Waals surface area contributed by atoms with Crippen LogP contribution in [0.3, 0.4) is 0 Å². The zero-order chi connectivity index (χ0) is 23.4. The molecule has 0 unspecified atom stereocenters. The Labute approximate surface area is 201 Å². The minimum atomic E-state index is 0.00123. The van der Waals surface area contributed by atoms with Crippen molar-refractivity contribution in [3.05, 3.63) is 81.6 Å². The second-order valence-electron chi connectivity index (χ2n) is 8.89. The molecule has 7 heteroatoms. The Hall–Kier alpha value is -2.67. The Kier molecular flexibility index (Phi) is 7.48. The second-order valence-corrected chi connectivity index (χ2v) is 9.33. The monoisotopic (exact) mass is 465 g/mol. The summed E-state index contributed by atoms with van der Waals surface area (Å²) in [7, 11) is 2.17. The molecular formula is C26H32ClN5O. The zero-order valence-corrected chi connectivity index (χ0v) is 20.4. The number of amides is 1. The quantitative estimate of drug-likeness (QED) is 0.577. The molecule has 4 rings (SSSR count). The highest BCUT2D eigenvalue weighted by atomic mass is 35.5. The van der Waals surface area contributed by atoms with Crippen molar-refractivity contribution in [3.63, 3.8) is 0 Å². The van der Waals surface area contributed by atoms with Gasteiger partial charge in [0.2, 0.25) is 5.91 Å². The van der Waals surface area contributed by atoms with Gasteiger partial charge in [-0.3, -0.25) is 9.69 Å². The van der Waals surface area contributed by atoms with Crippen LogP contribution in [0.4, 0.5) is 0 Å². The van der Waals surface area contributed by atoms with Gasteiger partial charge in [-0.2, -0.15) is 5.10 Å². The Bertz CT molecular complexity index is 1100. The average Bonchev–Trinajstić information content (AvgIpc) is 3.08. The van der Waals surface area contributed by atoms with Gasteiger partial charge in [0.05, 0.1) is 17.8 Å². The van der Waals surface area contributed by atoms with Crippen molar-refractivity contribution in [1.82, 2.24) is 24.9 Å². The summed E-state index contributed by atoms with van der Waals surface area (Å²) in [5, 5.41) is 8.41. The van der Waals surface area contributed by atoms with Crippen LogP contribution < -0.4 is 5.32 Å². The van der Waals surface area contributed by atoms with Crippen molar-refractivity contribution in [3.8, 4) is 5.69 Å². The van der Waals surface area contributed by atoms with Gasteiger partial charge < -0.3 is 10.2 Å². The first-order chi connectivity index (χ1) is 15.9. The molecule has 1 fully saturated rings. The van der Waals surface area contributed by atoms with E-state index < -0.39 is 0 Å². The molecule has 33 heavy (non-hydrogen) atoms. The molecule has 174 valence electrons. The summed E-state index contributed by atoms with van der Waals surface area (Å²) in [6, 6.07) is 16.1. The molecule has 1 aliphatic rings. The smallest absolute Gasteiger partial charge is 0.224 e. The lowest BCUT2D eigenvalue weighted by Gasteiger charge is -2.32. The van der Waals surface area contributed by atoms with Crippen LogP contribution in [0.15, 0.2) is 48.5 Å². The van der Waals surface area contributed by atoms with E-state index in [-0.39, 0.29) is 5.91 Å². The van der Waals surface area contributed by atoms with E-state index in [1.165, 1.54) is 5.56 Å². The summed E-state index contributed by atoms with van der Waals surface area (Å²) in [5.74, 6) is 0.00123. The fraction of sp³-hybridized carbons (Fsp3) is 0.385. The highest BCUT2D eigenvalue weighted by molar-refractivity contribution is 6.30. The van der Waals surface area contributed by atoms with Crippen molar-refractivity contribution in [2.45, 2.75) is 33.4 Å². The van der Waals surface area contributed by atoms with Gasteiger partial charge in [0.15, 0.2) is 0 Å². The standard InChI is InChI=1S/C26H32ClN5O/c1-19-25(20(2)32(29-19)24-9-7-23(27)8-10-24)16-26(33)28-17-21-5-4-6-22(15-21)18-31-13-11-30(3)12-14-31/h4-10,15H,11-14,16-18H2,1-3H3,(H,28,33). The van der Waals surface area contributed by atoms with E-state index in [0.717, 1.165) is 60.9 Å². The summed E-state index contributed by atoms with van der Waals surface area (Å²) in [4.78, 5) is 17.6. The van der Waals surface area contributed by atoms with Crippen LogP contribution in [0.1, 0.15) is 28.1 Å². The van der Waals surface area contributed by atoms with Gasteiger partial charge in [0.1, 0.15) is 0 Å². The number of carbonyl (C=O) groups excluding carboxylic acids is 1. The largest absolute Gasteiger partial charge is 0.352 e. The van der Waals surface area contributed by atoms with E-state index >= 15 is 0 Å². The van der Waals surface area contributed by atoms with Crippen LogP contribution in [0.2, 0.25) is 5.02 Å². The molecule has 0 aliphatic carbocycles. The molecule has 1 N–H and O–H groups in total. The topological polar surface area (TPSA) is 53.4 Å². The molecule has 6 nitrogen and oxygen atoms in total. The molecule has 0 bridgehead atoms. The number of hydrogen-bond donors (Lipinski definition) is 1. The van der Waals surface area contributed by atoms with E-state index in [9.17, 15) is 4.79 Å². The lowest BCUT2D eigenvalue weighted by molar-refractivity contribution is -0.120. The first-order valence-corrected chi connectivity index (χ1v) is 11.8. The summed E-state index contributed by atoms with van der Waals surface area (Å²) in [6.45, 7) is 9.85.